The predicted molar refractivity (Wildman–Crippen MR) is 135 cm³/mol. The van der Waals surface area contributed by atoms with E-state index in [1.165, 1.54) is 23.1 Å². The Hall–Kier alpha value is -3.60. The Morgan fingerprint density at radius 3 is 2.59 bits per heavy atom. The van der Waals surface area contributed by atoms with Crippen LogP contribution >= 0.6 is 0 Å². The molecule has 2 aliphatic rings. The van der Waals surface area contributed by atoms with E-state index in [4.69, 9.17) is 4.42 Å². The number of benzene rings is 3. The number of nitrogens with zero attached hydrogens (tertiary/aromatic N) is 2. The van der Waals surface area contributed by atoms with Gasteiger partial charge in [0.2, 0.25) is 0 Å². The first kappa shape index (κ1) is 21.0. The fraction of sp³-hybridized carbons (Fsp3) is 0.310. The van der Waals surface area contributed by atoms with Crippen LogP contribution in [0.2, 0.25) is 0 Å². The maximum atomic E-state index is 13.9. The summed E-state index contributed by atoms with van der Waals surface area (Å²) in [5.74, 6) is 1.27. The summed E-state index contributed by atoms with van der Waals surface area (Å²) in [6.07, 6.45) is 1.20. The van der Waals surface area contributed by atoms with Crippen molar-refractivity contribution in [2.24, 2.45) is 11.8 Å². The van der Waals surface area contributed by atoms with Crippen molar-refractivity contribution in [2.75, 3.05) is 18.4 Å². The first-order valence-electron chi connectivity index (χ1n) is 12.1. The molecule has 2 fully saturated rings. The molecule has 34 heavy (non-hydrogen) atoms. The molecule has 0 spiro atoms. The number of oxazole rings is 1. The van der Waals surface area contributed by atoms with Crippen LogP contribution in [-0.2, 0) is 0 Å². The molecule has 1 N–H and O–H groups in total. The number of carbonyl (C=O) groups excluding carboxylic acids is 1. The number of likely N-dealkylation sites (tertiary alicyclic amines) is 1. The number of para-hydroxylation sites is 2. The number of nitrogens with one attached hydrogen (secondary N) is 1. The van der Waals surface area contributed by atoms with Gasteiger partial charge in [0.15, 0.2) is 5.58 Å². The molecule has 0 bridgehead atoms. The topological polar surface area (TPSA) is 58.4 Å². The Balaban J connectivity index is 1.26. The number of hydrogen-bond donors (Lipinski definition) is 1. The molecular weight excluding hydrogens is 422 g/mol. The molecule has 4 aromatic rings. The highest BCUT2D eigenvalue weighted by atomic mass is 16.4. The number of fused-ring (bicyclic) bond motifs is 2. The minimum absolute atomic E-state index is 0.114. The standard InChI is InChI=1S/C29H29N3O2/c1-17-12-20(13-18(2)19(17)3)22-8-4-5-9-23(22)28(33)32-16-21-14-24(21)26(32)15-30-29-31-25-10-6-7-11-27(25)34-29/h4-13,21,24,26H,14-16H2,1-3H3,(H,30,31). The van der Waals surface area contributed by atoms with Crippen molar-refractivity contribution >= 4 is 23.0 Å². The van der Waals surface area contributed by atoms with Gasteiger partial charge >= 0.3 is 0 Å². The van der Waals surface area contributed by atoms with Crippen LogP contribution in [0.3, 0.4) is 0 Å². The van der Waals surface area contributed by atoms with E-state index in [0.717, 1.165) is 34.3 Å². The van der Waals surface area contributed by atoms with E-state index in [1.54, 1.807) is 0 Å². The number of aryl methyl sites for hydroxylation is 2. The van der Waals surface area contributed by atoms with E-state index in [-0.39, 0.29) is 11.9 Å². The Morgan fingerprint density at radius 1 is 1.06 bits per heavy atom. The van der Waals surface area contributed by atoms with Crippen LogP contribution in [0.1, 0.15) is 33.5 Å². The Labute approximate surface area is 199 Å². The number of rotatable bonds is 5. The Kier molecular flexibility index (Phi) is 4.94. The largest absolute Gasteiger partial charge is 0.424 e. The molecule has 1 aliphatic heterocycles. The Morgan fingerprint density at radius 2 is 1.79 bits per heavy atom. The predicted octanol–water partition coefficient (Wildman–Crippen LogP) is 5.99. The van der Waals surface area contributed by atoms with Gasteiger partial charge in [0.05, 0.1) is 6.04 Å². The minimum Gasteiger partial charge on any atom is -0.424 e. The second kappa shape index (κ2) is 8.01. The zero-order valence-corrected chi connectivity index (χ0v) is 19.8. The molecule has 2 heterocycles. The van der Waals surface area contributed by atoms with Gasteiger partial charge in [0.25, 0.3) is 11.9 Å². The van der Waals surface area contributed by atoms with Crippen LogP contribution in [0, 0.1) is 32.6 Å². The lowest BCUT2D eigenvalue weighted by molar-refractivity contribution is 0.0716. The van der Waals surface area contributed by atoms with Crippen molar-refractivity contribution in [2.45, 2.75) is 33.2 Å². The van der Waals surface area contributed by atoms with E-state index in [2.05, 4.69) is 54.2 Å². The number of amides is 1. The lowest BCUT2D eigenvalue weighted by Gasteiger charge is -2.28. The molecule has 5 nitrogen and oxygen atoms in total. The normalized spacial score (nSPS) is 21.0. The van der Waals surface area contributed by atoms with Gasteiger partial charge in [0.1, 0.15) is 5.52 Å². The molecule has 1 aromatic heterocycles. The lowest BCUT2D eigenvalue weighted by atomic mass is 9.93. The number of piperidine rings is 1. The van der Waals surface area contributed by atoms with Crippen molar-refractivity contribution in [3.05, 3.63) is 82.9 Å². The summed E-state index contributed by atoms with van der Waals surface area (Å²) in [4.78, 5) is 20.5. The average Bonchev–Trinajstić information content (AvgIpc) is 3.33. The van der Waals surface area contributed by atoms with E-state index >= 15 is 0 Å². The highest BCUT2D eigenvalue weighted by Gasteiger charge is 2.54. The van der Waals surface area contributed by atoms with Gasteiger partial charge in [-0.25, -0.2) is 0 Å². The molecule has 1 amide bonds. The average molecular weight is 452 g/mol. The van der Waals surface area contributed by atoms with Crippen molar-refractivity contribution in [1.29, 1.82) is 0 Å². The van der Waals surface area contributed by atoms with Gasteiger partial charge in [-0.1, -0.05) is 42.5 Å². The number of anilines is 1. The SMILES string of the molecule is Cc1cc(-c2ccccc2C(=O)N2CC3CC3C2CNc2nc3ccccc3o2)cc(C)c1C. The highest BCUT2D eigenvalue weighted by Crippen LogP contribution is 2.50. The second-order valence-corrected chi connectivity index (χ2v) is 9.83. The van der Waals surface area contributed by atoms with Gasteiger partial charge in [-0.15, -0.1) is 0 Å². The van der Waals surface area contributed by atoms with Gasteiger partial charge in [-0.2, -0.15) is 4.98 Å². The smallest absolute Gasteiger partial charge is 0.295 e. The molecule has 1 aliphatic carbocycles. The van der Waals surface area contributed by atoms with E-state index in [9.17, 15) is 4.79 Å². The third kappa shape index (κ3) is 3.56. The van der Waals surface area contributed by atoms with Crippen LogP contribution in [0.5, 0.6) is 0 Å². The lowest BCUT2D eigenvalue weighted by Crippen LogP contribution is -2.42. The molecule has 0 radical (unpaired) electrons. The zero-order chi connectivity index (χ0) is 23.4. The first-order valence-corrected chi connectivity index (χ1v) is 12.1. The van der Waals surface area contributed by atoms with Gasteiger partial charge in [-0.05, 0) is 85.0 Å². The molecule has 3 aromatic carbocycles. The third-order valence-corrected chi connectivity index (χ3v) is 7.72. The summed E-state index contributed by atoms with van der Waals surface area (Å²) in [5, 5.41) is 3.37. The fourth-order valence-electron chi connectivity index (χ4n) is 5.47. The minimum atomic E-state index is 0.114. The number of aromatic nitrogens is 1. The van der Waals surface area contributed by atoms with E-state index < -0.39 is 0 Å². The van der Waals surface area contributed by atoms with Crippen LogP contribution in [0.4, 0.5) is 6.01 Å². The highest BCUT2D eigenvalue weighted by molar-refractivity contribution is 6.01. The van der Waals surface area contributed by atoms with Crippen molar-refractivity contribution < 1.29 is 9.21 Å². The van der Waals surface area contributed by atoms with Crippen LogP contribution in [-0.4, -0.2) is 34.9 Å². The maximum absolute atomic E-state index is 13.9. The molecule has 172 valence electrons. The summed E-state index contributed by atoms with van der Waals surface area (Å²) in [5.41, 5.74) is 8.30. The van der Waals surface area contributed by atoms with Crippen LogP contribution < -0.4 is 5.32 Å². The summed E-state index contributed by atoms with van der Waals surface area (Å²) in [7, 11) is 0. The maximum Gasteiger partial charge on any atom is 0.295 e. The van der Waals surface area contributed by atoms with Crippen molar-refractivity contribution in [1.82, 2.24) is 9.88 Å². The number of hydrogen-bond acceptors (Lipinski definition) is 4. The van der Waals surface area contributed by atoms with Crippen molar-refractivity contribution in [3.63, 3.8) is 0 Å². The van der Waals surface area contributed by atoms with E-state index in [1.807, 2.05) is 42.5 Å². The van der Waals surface area contributed by atoms with E-state index in [0.29, 0.717) is 24.4 Å². The zero-order valence-electron chi connectivity index (χ0n) is 19.8. The van der Waals surface area contributed by atoms with Crippen molar-refractivity contribution in [3.8, 4) is 11.1 Å². The summed E-state index contributed by atoms with van der Waals surface area (Å²) in [6, 6.07) is 20.8. The molecule has 1 saturated heterocycles. The molecule has 6 rings (SSSR count). The summed E-state index contributed by atoms with van der Waals surface area (Å²) in [6.45, 7) is 7.89. The quantitative estimate of drug-likeness (QED) is 0.405. The van der Waals surface area contributed by atoms with Crippen LogP contribution in [0.25, 0.3) is 22.2 Å². The molecule has 1 saturated carbocycles. The Bertz CT molecular complexity index is 1350. The van der Waals surface area contributed by atoms with Crippen LogP contribution in [0.15, 0.2) is 65.1 Å². The molecule has 3 atom stereocenters. The van der Waals surface area contributed by atoms with Gasteiger partial charge < -0.3 is 14.6 Å². The van der Waals surface area contributed by atoms with Gasteiger partial charge in [0, 0.05) is 18.7 Å². The third-order valence-electron chi connectivity index (χ3n) is 7.72. The fourth-order valence-corrected chi connectivity index (χ4v) is 5.47. The van der Waals surface area contributed by atoms with Gasteiger partial charge in [-0.3, -0.25) is 4.79 Å². The molecule has 5 heteroatoms. The molecule has 3 unspecified atom stereocenters. The summed E-state index contributed by atoms with van der Waals surface area (Å²) < 4.78 is 5.84. The summed E-state index contributed by atoms with van der Waals surface area (Å²) >= 11 is 0. The first-order chi connectivity index (χ1) is 16.5. The monoisotopic (exact) mass is 451 g/mol. The molecular formula is C29H29N3O2. The second-order valence-electron chi connectivity index (χ2n) is 9.83. The number of carbonyl (C=O) groups is 1.